The number of aryl methyl sites for hydroxylation is 1. The van der Waals surface area contributed by atoms with Crippen molar-refractivity contribution in [1.82, 2.24) is 19.9 Å². The number of nitrogens with zero attached hydrogens (tertiary/aromatic N) is 4. The van der Waals surface area contributed by atoms with Crippen LogP contribution >= 0.6 is 0 Å². The molecule has 24 heavy (non-hydrogen) atoms. The fourth-order valence-electron chi connectivity index (χ4n) is 3.07. The number of furan rings is 1. The van der Waals surface area contributed by atoms with Crippen LogP contribution in [-0.4, -0.2) is 57.8 Å². The molecule has 1 fully saturated rings. The first-order valence-electron chi connectivity index (χ1n) is 8.67. The Labute approximate surface area is 142 Å². The third-order valence-electron chi connectivity index (χ3n) is 4.57. The summed E-state index contributed by atoms with van der Waals surface area (Å²) in [6.07, 6.45) is 2.89. The van der Waals surface area contributed by atoms with E-state index in [1.54, 1.807) is 12.3 Å². The molecule has 3 rings (SSSR count). The second kappa shape index (κ2) is 7.92. The molecule has 132 valence electrons. The highest BCUT2D eigenvalue weighted by atomic mass is 16.5. The molecule has 1 N–H and O–H groups in total. The molecule has 3 heterocycles. The zero-order chi connectivity index (χ0) is 16.9. The summed E-state index contributed by atoms with van der Waals surface area (Å²) in [5, 5.41) is 14.2. The highest BCUT2D eigenvalue weighted by molar-refractivity contribution is 5.02. The summed E-state index contributed by atoms with van der Waals surface area (Å²) in [6, 6.07) is 3.74. The van der Waals surface area contributed by atoms with Gasteiger partial charge in [0.15, 0.2) is 5.82 Å². The lowest BCUT2D eigenvalue weighted by Gasteiger charge is -2.37. The molecule has 7 nitrogen and oxygen atoms in total. The molecule has 0 spiro atoms. The lowest BCUT2D eigenvalue weighted by molar-refractivity contribution is 0.0452. The molecule has 1 aliphatic rings. The summed E-state index contributed by atoms with van der Waals surface area (Å²) < 4.78 is 10.7. The first-order chi connectivity index (χ1) is 11.7. The van der Waals surface area contributed by atoms with Crippen molar-refractivity contribution >= 4 is 0 Å². The predicted octanol–water partition coefficient (Wildman–Crippen LogP) is 2.03. The molecule has 0 aliphatic carbocycles. The molecule has 2 atom stereocenters. The van der Waals surface area contributed by atoms with Gasteiger partial charge in [-0.1, -0.05) is 12.1 Å². The minimum Gasteiger partial charge on any atom is -0.467 e. The van der Waals surface area contributed by atoms with Gasteiger partial charge in [-0.2, -0.15) is 4.98 Å². The molecule has 0 unspecified atom stereocenters. The number of aliphatic hydroxyl groups excluding tert-OH is 1. The first-order valence-corrected chi connectivity index (χ1v) is 8.67. The van der Waals surface area contributed by atoms with Crippen molar-refractivity contribution in [2.45, 2.75) is 38.8 Å². The number of hydrogen-bond donors (Lipinski definition) is 1. The minimum absolute atomic E-state index is 0.125. The van der Waals surface area contributed by atoms with E-state index < -0.39 is 6.10 Å². The van der Waals surface area contributed by atoms with Gasteiger partial charge in [-0.25, -0.2) is 0 Å². The van der Waals surface area contributed by atoms with Gasteiger partial charge in [0.1, 0.15) is 11.9 Å². The van der Waals surface area contributed by atoms with Gasteiger partial charge in [0, 0.05) is 39.1 Å². The Morgan fingerprint density at radius 3 is 2.75 bits per heavy atom. The van der Waals surface area contributed by atoms with Crippen molar-refractivity contribution in [2.24, 2.45) is 0 Å². The fraction of sp³-hybridized carbons (Fsp3) is 0.647. The molecule has 0 radical (unpaired) electrons. The van der Waals surface area contributed by atoms with Gasteiger partial charge in [0.05, 0.1) is 12.3 Å². The van der Waals surface area contributed by atoms with Crippen LogP contribution in [0.15, 0.2) is 27.3 Å². The van der Waals surface area contributed by atoms with Crippen LogP contribution in [0.5, 0.6) is 0 Å². The van der Waals surface area contributed by atoms with Crippen LogP contribution in [-0.2, 0) is 6.42 Å². The second-order valence-corrected chi connectivity index (χ2v) is 6.34. The SMILES string of the molecule is CCCc1noc([C@@H](C)N2CCN(C[C@@H](O)c3ccco3)CC2)n1. The van der Waals surface area contributed by atoms with Crippen LogP contribution in [0.4, 0.5) is 0 Å². The predicted molar refractivity (Wildman–Crippen MR) is 88.4 cm³/mol. The molecule has 7 heteroatoms. The summed E-state index contributed by atoms with van der Waals surface area (Å²) in [6.45, 7) is 8.44. The summed E-state index contributed by atoms with van der Waals surface area (Å²) >= 11 is 0. The molecular weight excluding hydrogens is 308 g/mol. The maximum atomic E-state index is 10.2. The van der Waals surface area contributed by atoms with Gasteiger partial charge in [-0.3, -0.25) is 9.80 Å². The van der Waals surface area contributed by atoms with E-state index >= 15 is 0 Å². The Bertz CT molecular complexity index is 605. The second-order valence-electron chi connectivity index (χ2n) is 6.34. The first kappa shape index (κ1) is 17.1. The Morgan fingerprint density at radius 2 is 2.08 bits per heavy atom. The van der Waals surface area contributed by atoms with Gasteiger partial charge >= 0.3 is 0 Å². The highest BCUT2D eigenvalue weighted by Gasteiger charge is 2.27. The Kier molecular flexibility index (Phi) is 5.65. The van der Waals surface area contributed by atoms with Crippen molar-refractivity contribution in [2.75, 3.05) is 32.7 Å². The van der Waals surface area contributed by atoms with E-state index in [0.717, 1.165) is 44.8 Å². The molecule has 1 aliphatic heterocycles. The van der Waals surface area contributed by atoms with Crippen molar-refractivity contribution in [3.05, 3.63) is 35.9 Å². The number of hydrogen-bond acceptors (Lipinski definition) is 7. The van der Waals surface area contributed by atoms with Crippen LogP contribution in [0.1, 0.15) is 49.9 Å². The van der Waals surface area contributed by atoms with Gasteiger partial charge in [-0.15, -0.1) is 0 Å². The van der Waals surface area contributed by atoms with Crippen molar-refractivity contribution in [3.8, 4) is 0 Å². The van der Waals surface area contributed by atoms with E-state index in [9.17, 15) is 5.11 Å². The average Bonchev–Trinajstić information content (AvgIpc) is 3.27. The number of β-amino-alcohol motifs (C(OH)–C–C–N with tert-alkyl or cyclic N) is 1. The van der Waals surface area contributed by atoms with Crippen LogP contribution in [0, 0.1) is 0 Å². The van der Waals surface area contributed by atoms with Crippen molar-refractivity contribution < 1.29 is 14.0 Å². The maximum absolute atomic E-state index is 10.2. The Balaban J connectivity index is 1.49. The van der Waals surface area contributed by atoms with E-state index in [-0.39, 0.29) is 6.04 Å². The van der Waals surface area contributed by atoms with E-state index in [4.69, 9.17) is 8.94 Å². The summed E-state index contributed by atoms with van der Waals surface area (Å²) in [7, 11) is 0. The molecule has 0 bridgehead atoms. The Hall–Kier alpha value is -1.70. The maximum Gasteiger partial charge on any atom is 0.243 e. The molecule has 2 aromatic heterocycles. The number of rotatable bonds is 7. The highest BCUT2D eigenvalue weighted by Crippen LogP contribution is 2.22. The van der Waals surface area contributed by atoms with Crippen LogP contribution < -0.4 is 0 Å². The standard InChI is InChI=1S/C17H26N4O3/c1-3-5-16-18-17(24-19-16)13(2)21-9-7-20(8-10-21)12-14(22)15-6-4-11-23-15/h4,6,11,13-14,22H,3,5,7-10,12H2,1-2H3/t13-,14-/m1/s1. The molecule has 1 saturated heterocycles. The Morgan fingerprint density at radius 1 is 1.29 bits per heavy atom. The monoisotopic (exact) mass is 334 g/mol. The molecule has 0 aromatic carbocycles. The molecular formula is C17H26N4O3. The van der Waals surface area contributed by atoms with E-state index in [2.05, 4.69) is 33.8 Å². The van der Waals surface area contributed by atoms with Gasteiger partial charge < -0.3 is 14.0 Å². The van der Waals surface area contributed by atoms with Crippen LogP contribution in [0.3, 0.4) is 0 Å². The topological polar surface area (TPSA) is 78.8 Å². The van der Waals surface area contributed by atoms with E-state index in [0.29, 0.717) is 18.2 Å². The van der Waals surface area contributed by atoms with Gasteiger partial charge in [0.2, 0.25) is 5.89 Å². The minimum atomic E-state index is -0.573. The summed E-state index contributed by atoms with van der Waals surface area (Å²) in [5.41, 5.74) is 0. The largest absolute Gasteiger partial charge is 0.467 e. The third kappa shape index (κ3) is 4.03. The van der Waals surface area contributed by atoms with Gasteiger partial charge in [-0.05, 0) is 25.5 Å². The number of piperazine rings is 1. The van der Waals surface area contributed by atoms with Gasteiger partial charge in [0.25, 0.3) is 0 Å². The summed E-state index contributed by atoms with van der Waals surface area (Å²) in [4.78, 5) is 9.09. The quantitative estimate of drug-likeness (QED) is 0.830. The third-order valence-corrected chi connectivity index (χ3v) is 4.57. The lowest BCUT2D eigenvalue weighted by Crippen LogP contribution is -2.48. The van der Waals surface area contributed by atoms with E-state index in [1.165, 1.54) is 0 Å². The van der Waals surface area contributed by atoms with Crippen molar-refractivity contribution in [3.63, 3.8) is 0 Å². The number of aliphatic hydroxyl groups is 1. The van der Waals surface area contributed by atoms with Crippen LogP contribution in [0.2, 0.25) is 0 Å². The van der Waals surface area contributed by atoms with E-state index in [1.807, 2.05) is 6.07 Å². The normalized spacial score (nSPS) is 19.5. The molecule has 0 saturated carbocycles. The fourth-order valence-corrected chi connectivity index (χ4v) is 3.07. The van der Waals surface area contributed by atoms with Crippen molar-refractivity contribution in [1.29, 1.82) is 0 Å². The zero-order valence-electron chi connectivity index (χ0n) is 14.4. The molecule has 0 amide bonds. The smallest absolute Gasteiger partial charge is 0.243 e. The summed E-state index contributed by atoms with van der Waals surface area (Å²) in [5.74, 6) is 2.11. The average molecular weight is 334 g/mol. The number of aromatic nitrogens is 2. The zero-order valence-corrected chi connectivity index (χ0v) is 14.4. The molecule has 2 aromatic rings. The lowest BCUT2D eigenvalue weighted by atomic mass is 10.2. The van der Waals surface area contributed by atoms with Crippen LogP contribution in [0.25, 0.3) is 0 Å².